The van der Waals surface area contributed by atoms with Crippen molar-refractivity contribution in [1.82, 2.24) is 5.32 Å². The Labute approximate surface area is 110 Å². The van der Waals surface area contributed by atoms with Gasteiger partial charge in [0.1, 0.15) is 17.6 Å². The largest absolute Gasteiger partial charge is 0.507 e. The molecule has 1 amide bonds. The van der Waals surface area contributed by atoms with Crippen molar-refractivity contribution in [3.05, 3.63) is 29.6 Å². The van der Waals surface area contributed by atoms with E-state index in [0.717, 1.165) is 18.2 Å². The highest BCUT2D eigenvalue weighted by Gasteiger charge is 2.23. The zero-order valence-corrected chi connectivity index (χ0v) is 10.7. The molecule has 0 fully saturated rings. The summed E-state index contributed by atoms with van der Waals surface area (Å²) in [5, 5.41) is 20.7. The lowest BCUT2D eigenvalue weighted by atomic mass is 10.0. The Balaban J connectivity index is 2.87. The van der Waals surface area contributed by atoms with Gasteiger partial charge in [-0.25, -0.2) is 9.18 Å². The van der Waals surface area contributed by atoms with Gasteiger partial charge in [-0.1, -0.05) is 13.8 Å². The second kappa shape index (κ2) is 6.17. The van der Waals surface area contributed by atoms with Crippen molar-refractivity contribution in [3.63, 3.8) is 0 Å². The predicted molar refractivity (Wildman–Crippen MR) is 66.4 cm³/mol. The van der Waals surface area contributed by atoms with Gasteiger partial charge in [0, 0.05) is 0 Å². The first kappa shape index (κ1) is 14.9. The fraction of sp³-hybridized carbons (Fsp3) is 0.385. The number of aliphatic carboxylic acids is 1. The van der Waals surface area contributed by atoms with Crippen LogP contribution in [0.4, 0.5) is 4.39 Å². The van der Waals surface area contributed by atoms with E-state index in [9.17, 15) is 19.1 Å². The summed E-state index contributed by atoms with van der Waals surface area (Å²) < 4.78 is 13.0. The van der Waals surface area contributed by atoms with E-state index in [1.807, 2.05) is 13.8 Å². The summed E-state index contributed by atoms with van der Waals surface area (Å²) in [7, 11) is 0. The Bertz CT molecular complexity index is 488. The topological polar surface area (TPSA) is 86.6 Å². The number of nitrogens with one attached hydrogen (secondary N) is 1. The standard InChI is InChI=1S/C13H16FNO4/c1-7(2)5-10(13(18)19)15-12(17)9-6-8(14)3-4-11(9)16/h3-4,6-7,10,16H,5H2,1-2H3,(H,15,17)(H,18,19). The maximum Gasteiger partial charge on any atom is 0.326 e. The maximum atomic E-state index is 13.0. The molecule has 6 heteroatoms. The van der Waals surface area contributed by atoms with Gasteiger partial charge >= 0.3 is 5.97 Å². The monoisotopic (exact) mass is 269 g/mol. The number of aromatic hydroxyl groups is 1. The molecule has 1 aromatic rings. The van der Waals surface area contributed by atoms with E-state index < -0.39 is 29.5 Å². The van der Waals surface area contributed by atoms with Crippen LogP contribution in [0.5, 0.6) is 5.75 Å². The smallest absolute Gasteiger partial charge is 0.326 e. The van der Waals surface area contributed by atoms with E-state index in [2.05, 4.69) is 5.32 Å². The van der Waals surface area contributed by atoms with Crippen LogP contribution in [0.1, 0.15) is 30.6 Å². The van der Waals surface area contributed by atoms with Gasteiger partial charge < -0.3 is 15.5 Å². The lowest BCUT2D eigenvalue weighted by molar-refractivity contribution is -0.139. The molecule has 0 aliphatic heterocycles. The zero-order valence-electron chi connectivity index (χ0n) is 10.7. The van der Waals surface area contributed by atoms with Crippen molar-refractivity contribution in [2.75, 3.05) is 0 Å². The van der Waals surface area contributed by atoms with Gasteiger partial charge in [-0.3, -0.25) is 4.79 Å². The molecule has 0 saturated carbocycles. The molecule has 1 unspecified atom stereocenters. The summed E-state index contributed by atoms with van der Waals surface area (Å²) in [4.78, 5) is 22.8. The number of amides is 1. The molecule has 0 aromatic heterocycles. The number of hydrogen-bond donors (Lipinski definition) is 3. The van der Waals surface area contributed by atoms with Gasteiger partial charge in [0.2, 0.25) is 0 Å². The van der Waals surface area contributed by atoms with Crippen molar-refractivity contribution in [2.45, 2.75) is 26.3 Å². The lowest BCUT2D eigenvalue weighted by Gasteiger charge is -2.16. The molecule has 0 aliphatic rings. The summed E-state index contributed by atoms with van der Waals surface area (Å²) in [6.07, 6.45) is 0.247. The molecule has 1 atom stereocenters. The van der Waals surface area contributed by atoms with E-state index in [4.69, 9.17) is 5.11 Å². The molecule has 104 valence electrons. The zero-order chi connectivity index (χ0) is 14.6. The highest BCUT2D eigenvalue weighted by molar-refractivity contribution is 5.98. The summed E-state index contributed by atoms with van der Waals surface area (Å²) >= 11 is 0. The normalized spacial score (nSPS) is 12.2. The second-order valence-electron chi connectivity index (χ2n) is 4.66. The second-order valence-corrected chi connectivity index (χ2v) is 4.66. The van der Waals surface area contributed by atoms with Crippen molar-refractivity contribution < 1.29 is 24.2 Å². The Morgan fingerprint density at radius 1 is 1.37 bits per heavy atom. The first-order chi connectivity index (χ1) is 8.81. The van der Waals surface area contributed by atoms with E-state index in [-0.39, 0.29) is 17.9 Å². The molecule has 0 spiro atoms. The first-order valence-corrected chi connectivity index (χ1v) is 5.83. The molecule has 1 rings (SSSR count). The van der Waals surface area contributed by atoms with Gasteiger partial charge in [0.25, 0.3) is 5.91 Å². The fourth-order valence-corrected chi connectivity index (χ4v) is 1.62. The lowest BCUT2D eigenvalue weighted by Crippen LogP contribution is -2.41. The highest BCUT2D eigenvalue weighted by Crippen LogP contribution is 2.18. The van der Waals surface area contributed by atoms with Gasteiger partial charge in [0.15, 0.2) is 0 Å². The molecule has 0 heterocycles. The number of phenolic OH excluding ortho intramolecular Hbond substituents is 1. The van der Waals surface area contributed by atoms with Crippen LogP contribution in [-0.4, -0.2) is 28.1 Å². The average molecular weight is 269 g/mol. The molecule has 0 bridgehead atoms. The minimum Gasteiger partial charge on any atom is -0.507 e. The SMILES string of the molecule is CC(C)CC(NC(=O)c1cc(F)ccc1O)C(=O)O. The third-order valence-electron chi connectivity index (χ3n) is 2.51. The number of benzene rings is 1. The summed E-state index contributed by atoms with van der Waals surface area (Å²) in [5.74, 6) is -2.99. The van der Waals surface area contributed by atoms with Crippen LogP contribution in [-0.2, 0) is 4.79 Å². The van der Waals surface area contributed by atoms with E-state index in [1.165, 1.54) is 0 Å². The molecular weight excluding hydrogens is 253 g/mol. The average Bonchev–Trinajstić information content (AvgIpc) is 2.30. The summed E-state index contributed by atoms with van der Waals surface area (Å²) in [5.41, 5.74) is -0.282. The van der Waals surface area contributed by atoms with E-state index in [1.54, 1.807) is 0 Å². The summed E-state index contributed by atoms with van der Waals surface area (Å²) in [6.45, 7) is 3.64. The Hall–Kier alpha value is -2.11. The first-order valence-electron chi connectivity index (χ1n) is 5.83. The number of rotatable bonds is 5. The summed E-state index contributed by atoms with van der Waals surface area (Å²) in [6, 6.07) is 1.84. The van der Waals surface area contributed by atoms with Gasteiger partial charge in [-0.15, -0.1) is 0 Å². The number of carbonyl (C=O) groups is 2. The molecule has 1 aromatic carbocycles. The van der Waals surface area contributed by atoms with Crippen molar-refractivity contribution in [1.29, 1.82) is 0 Å². The van der Waals surface area contributed by atoms with Crippen LogP contribution in [0.15, 0.2) is 18.2 Å². The van der Waals surface area contributed by atoms with Crippen molar-refractivity contribution in [3.8, 4) is 5.75 Å². The van der Waals surface area contributed by atoms with Crippen LogP contribution < -0.4 is 5.32 Å². The highest BCUT2D eigenvalue weighted by atomic mass is 19.1. The Morgan fingerprint density at radius 2 is 2.00 bits per heavy atom. The minimum absolute atomic E-state index is 0.0718. The van der Waals surface area contributed by atoms with Crippen molar-refractivity contribution >= 4 is 11.9 Å². The third kappa shape index (κ3) is 4.24. The molecular formula is C13H16FNO4. The number of carboxylic acid groups (broad SMARTS) is 1. The molecule has 19 heavy (non-hydrogen) atoms. The van der Waals surface area contributed by atoms with Gasteiger partial charge in [-0.05, 0) is 30.5 Å². The molecule has 3 N–H and O–H groups in total. The van der Waals surface area contributed by atoms with Crippen LogP contribution in [0.3, 0.4) is 0 Å². The van der Waals surface area contributed by atoms with E-state index >= 15 is 0 Å². The fourth-order valence-electron chi connectivity index (χ4n) is 1.62. The molecule has 0 radical (unpaired) electrons. The Kier molecular flexibility index (Phi) is 4.86. The third-order valence-corrected chi connectivity index (χ3v) is 2.51. The van der Waals surface area contributed by atoms with Crippen LogP contribution in [0.25, 0.3) is 0 Å². The number of carbonyl (C=O) groups excluding carboxylic acids is 1. The van der Waals surface area contributed by atoms with Crippen LogP contribution >= 0.6 is 0 Å². The quantitative estimate of drug-likeness (QED) is 0.760. The number of carboxylic acids is 1. The minimum atomic E-state index is -1.17. The predicted octanol–water partition coefficient (Wildman–Crippen LogP) is 1.76. The van der Waals surface area contributed by atoms with Gasteiger partial charge in [-0.2, -0.15) is 0 Å². The van der Waals surface area contributed by atoms with Crippen LogP contribution in [0, 0.1) is 11.7 Å². The number of halogens is 1. The maximum absolute atomic E-state index is 13.0. The Morgan fingerprint density at radius 3 is 2.53 bits per heavy atom. The number of hydrogen-bond acceptors (Lipinski definition) is 3. The van der Waals surface area contributed by atoms with E-state index in [0.29, 0.717) is 0 Å². The van der Waals surface area contributed by atoms with Crippen molar-refractivity contribution in [2.24, 2.45) is 5.92 Å². The molecule has 0 aliphatic carbocycles. The number of phenols is 1. The molecule has 5 nitrogen and oxygen atoms in total. The van der Waals surface area contributed by atoms with Gasteiger partial charge in [0.05, 0.1) is 5.56 Å². The molecule has 0 saturated heterocycles. The van der Waals surface area contributed by atoms with Crippen LogP contribution in [0.2, 0.25) is 0 Å².